The highest BCUT2D eigenvalue weighted by atomic mass is 35.5. The summed E-state index contributed by atoms with van der Waals surface area (Å²) in [6.45, 7) is 0. The molecule has 0 atom stereocenters. The van der Waals surface area contributed by atoms with Gasteiger partial charge >= 0.3 is 0 Å². The molecule has 3 heterocycles. The number of fused-ring (bicyclic) bond motifs is 1. The van der Waals surface area contributed by atoms with Gasteiger partial charge in [0.2, 0.25) is 0 Å². The largest absolute Gasteiger partial charge is 0.266 e. The van der Waals surface area contributed by atoms with Crippen LogP contribution in [0.3, 0.4) is 0 Å². The fraction of sp³-hybridized carbons (Fsp3) is 0. The Morgan fingerprint density at radius 2 is 2.00 bits per heavy atom. The molecule has 17 heavy (non-hydrogen) atoms. The summed E-state index contributed by atoms with van der Waals surface area (Å²) < 4.78 is 2.44. The third-order valence-corrected chi connectivity index (χ3v) is 3.91. The van der Waals surface area contributed by atoms with Crippen molar-refractivity contribution in [2.24, 2.45) is 0 Å². The Bertz CT molecular complexity index is 704. The Labute approximate surface area is 116 Å². The van der Waals surface area contributed by atoms with Crippen LogP contribution in [0.25, 0.3) is 16.3 Å². The molecule has 0 N–H and O–H groups in total. The molecule has 0 fully saturated rings. The second kappa shape index (κ2) is 4.14. The molecule has 3 aromatic rings. The van der Waals surface area contributed by atoms with Gasteiger partial charge in [0.05, 0.1) is 15.4 Å². The predicted octanol–water partition coefficient (Wildman–Crippen LogP) is 4.42. The van der Waals surface area contributed by atoms with Crippen LogP contribution in [-0.2, 0) is 0 Å². The van der Waals surface area contributed by atoms with Gasteiger partial charge in [0.1, 0.15) is 10.3 Å². The van der Waals surface area contributed by atoms with Gasteiger partial charge in [0, 0.05) is 6.07 Å². The van der Waals surface area contributed by atoms with Gasteiger partial charge in [0.15, 0.2) is 11.5 Å². The van der Waals surface area contributed by atoms with Crippen LogP contribution in [0.4, 0.5) is 0 Å². The van der Waals surface area contributed by atoms with Crippen molar-refractivity contribution >= 4 is 51.8 Å². The average Bonchev–Trinajstić information content (AvgIpc) is 2.83. The highest BCUT2D eigenvalue weighted by Crippen LogP contribution is 2.32. The van der Waals surface area contributed by atoms with E-state index < -0.39 is 0 Å². The number of aromatic nitrogens is 3. The first-order chi connectivity index (χ1) is 8.15. The maximum atomic E-state index is 6.14. The summed E-state index contributed by atoms with van der Waals surface area (Å²) in [5.41, 5.74) is 0.613. The summed E-state index contributed by atoms with van der Waals surface area (Å²) in [6, 6.07) is 5.29. The SMILES string of the molecule is Clc1cc(Cl)n2c(-c3ccc(Cl)s3)ncc2n1. The van der Waals surface area contributed by atoms with Crippen molar-refractivity contribution in [3.05, 3.63) is 39.0 Å². The predicted molar refractivity (Wildman–Crippen MR) is 71.3 cm³/mol. The van der Waals surface area contributed by atoms with Crippen molar-refractivity contribution in [1.29, 1.82) is 0 Å². The zero-order valence-corrected chi connectivity index (χ0v) is 11.3. The second-order valence-corrected chi connectivity index (χ2v) is 5.77. The summed E-state index contributed by atoms with van der Waals surface area (Å²) in [6.07, 6.45) is 1.63. The van der Waals surface area contributed by atoms with E-state index in [9.17, 15) is 0 Å². The van der Waals surface area contributed by atoms with Gasteiger partial charge in [0.25, 0.3) is 0 Å². The molecular weight excluding hydrogens is 301 g/mol. The van der Waals surface area contributed by atoms with E-state index >= 15 is 0 Å². The third kappa shape index (κ3) is 1.91. The van der Waals surface area contributed by atoms with E-state index in [1.807, 2.05) is 12.1 Å². The molecule has 0 saturated heterocycles. The Morgan fingerprint density at radius 1 is 1.18 bits per heavy atom. The topological polar surface area (TPSA) is 30.2 Å². The number of halogens is 3. The van der Waals surface area contributed by atoms with Crippen LogP contribution in [0.5, 0.6) is 0 Å². The van der Waals surface area contributed by atoms with E-state index in [-0.39, 0.29) is 0 Å². The number of nitrogens with zero attached hydrogens (tertiary/aromatic N) is 3. The highest BCUT2D eigenvalue weighted by molar-refractivity contribution is 7.19. The maximum absolute atomic E-state index is 6.14. The molecule has 3 nitrogen and oxygen atoms in total. The van der Waals surface area contributed by atoms with Gasteiger partial charge in [-0.15, -0.1) is 11.3 Å². The summed E-state index contributed by atoms with van der Waals surface area (Å²) >= 11 is 19.3. The van der Waals surface area contributed by atoms with Crippen LogP contribution in [0.1, 0.15) is 0 Å². The lowest BCUT2D eigenvalue weighted by molar-refractivity contribution is 1.12. The van der Waals surface area contributed by atoms with Crippen molar-refractivity contribution < 1.29 is 0 Å². The molecule has 0 aliphatic heterocycles. The molecule has 3 rings (SSSR count). The van der Waals surface area contributed by atoms with Gasteiger partial charge in [-0.3, -0.25) is 4.40 Å². The van der Waals surface area contributed by atoms with Crippen LogP contribution < -0.4 is 0 Å². The molecule has 0 aliphatic rings. The molecule has 3 aromatic heterocycles. The standard InChI is InChI=1S/C10H4Cl3N3S/c11-6-3-7(12)16-9(15-6)4-14-10(16)5-1-2-8(13)17-5/h1-4H. The van der Waals surface area contributed by atoms with Gasteiger partial charge < -0.3 is 0 Å². The lowest BCUT2D eigenvalue weighted by Gasteiger charge is -2.01. The minimum atomic E-state index is 0.346. The lowest BCUT2D eigenvalue weighted by atomic mass is 10.4. The Balaban J connectivity index is 2.31. The normalized spacial score (nSPS) is 11.2. The zero-order chi connectivity index (χ0) is 12.0. The quantitative estimate of drug-likeness (QED) is 0.623. The van der Waals surface area contributed by atoms with Crippen molar-refractivity contribution in [2.75, 3.05) is 0 Å². The van der Waals surface area contributed by atoms with Gasteiger partial charge in [-0.1, -0.05) is 34.8 Å². The van der Waals surface area contributed by atoms with E-state index in [1.165, 1.54) is 11.3 Å². The zero-order valence-electron chi connectivity index (χ0n) is 8.19. The fourth-order valence-electron chi connectivity index (χ4n) is 1.55. The number of imidazole rings is 1. The minimum Gasteiger partial charge on any atom is -0.266 e. The van der Waals surface area contributed by atoms with E-state index in [1.54, 1.807) is 16.7 Å². The second-order valence-electron chi connectivity index (χ2n) is 3.28. The Morgan fingerprint density at radius 3 is 2.71 bits per heavy atom. The van der Waals surface area contributed by atoms with Crippen molar-refractivity contribution in [1.82, 2.24) is 14.4 Å². The third-order valence-electron chi connectivity index (χ3n) is 2.21. The highest BCUT2D eigenvalue weighted by Gasteiger charge is 2.12. The van der Waals surface area contributed by atoms with Crippen LogP contribution in [0.15, 0.2) is 24.4 Å². The van der Waals surface area contributed by atoms with Crippen LogP contribution in [0.2, 0.25) is 14.6 Å². The molecule has 0 amide bonds. The number of hydrogen-bond donors (Lipinski definition) is 0. The van der Waals surface area contributed by atoms with Crippen LogP contribution >= 0.6 is 46.1 Å². The van der Waals surface area contributed by atoms with Crippen LogP contribution in [0, 0.1) is 0 Å². The summed E-state index contributed by atoms with van der Waals surface area (Å²) in [5, 5.41) is 0.815. The smallest absolute Gasteiger partial charge is 0.159 e. The number of rotatable bonds is 1. The molecule has 0 unspecified atom stereocenters. The number of thiophene rings is 1. The molecule has 86 valence electrons. The first-order valence-electron chi connectivity index (χ1n) is 4.60. The molecule has 0 saturated carbocycles. The van der Waals surface area contributed by atoms with Gasteiger partial charge in [-0.05, 0) is 12.1 Å². The molecule has 0 radical (unpaired) electrons. The molecule has 0 aliphatic carbocycles. The van der Waals surface area contributed by atoms with Crippen molar-refractivity contribution in [3.63, 3.8) is 0 Å². The summed E-state index contributed by atoms with van der Waals surface area (Å²) in [4.78, 5) is 9.36. The van der Waals surface area contributed by atoms with E-state index in [4.69, 9.17) is 34.8 Å². The Hall–Kier alpha value is -0.810. The van der Waals surface area contributed by atoms with Crippen molar-refractivity contribution in [3.8, 4) is 10.7 Å². The van der Waals surface area contributed by atoms with Crippen LogP contribution in [-0.4, -0.2) is 14.4 Å². The molecule has 0 spiro atoms. The van der Waals surface area contributed by atoms with E-state index in [0.29, 0.717) is 26.1 Å². The first-order valence-corrected chi connectivity index (χ1v) is 6.55. The molecule has 0 bridgehead atoms. The number of hydrogen-bond acceptors (Lipinski definition) is 3. The average molecular weight is 305 g/mol. The Kier molecular flexibility index (Phi) is 2.75. The summed E-state index contributed by atoms with van der Waals surface area (Å²) in [5.74, 6) is 0.714. The first kappa shape index (κ1) is 11.3. The lowest BCUT2D eigenvalue weighted by Crippen LogP contribution is -1.92. The fourth-order valence-corrected chi connectivity index (χ4v) is 3.09. The monoisotopic (exact) mass is 303 g/mol. The summed E-state index contributed by atoms with van der Waals surface area (Å²) in [7, 11) is 0. The van der Waals surface area contributed by atoms with E-state index in [0.717, 1.165) is 4.88 Å². The molecule has 0 aromatic carbocycles. The van der Waals surface area contributed by atoms with Crippen molar-refractivity contribution in [2.45, 2.75) is 0 Å². The molecular formula is C10H4Cl3N3S. The maximum Gasteiger partial charge on any atom is 0.159 e. The van der Waals surface area contributed by atoms with Gasteiger partial charge in [-0.2, -0.15) is 0 Å². The van der Waals surface area contributed by atoms with Gasteiger partial charge in [-0.25, -0.2) is 9.97 Å². The molecule has 7 heteroatoms. The minimum absolute atomic E-state index is 0.346. The van der Waals surface area contributed by atoms with E-state index in [2.05, 4.69) is 9.97 Å².